The van der Waals surface area contributed by atoms with E-state index in [1.165, 1.54) is 4.90 Å². The summed E-state index contributed by atoms with van der Waals surface area (Å²) in [5, 5.41) is 19.6. The molecule has 2 aromatic heterocycles. The fourth-order valence-electron chi connectivity index (χ4n) is 8.90. The van der Waals surface area contributed by atoms with Gasteiger partial charge in [0.05, 0.1) is 28.0 Å². The van der Waals surface area contributed by atoms with E-state index in [0.29, 0.717) is 34.1 Å². The molecule has 240 valence electrons. The zero-order chi connectivity index (χ0) is 33.3. The van der Waals surface area contributed by atoms with Crippen LogP contribution in [0.25, 0.3) is 20.7 Å². The molecule has 47 heavy (non-hydrogen) atoms. The first kappa shape index (κ1) is 30.1. The predicted octanol–water partition coefficient (Wildman–Crippen LogP) is 6.10. The number of hydrogen-bond donors (Lipinski definition) is 2. The number of thiophene rings is 1. The van der Waals surface area contributed by atoms with Crippen LogP contribution in [0.15, 0.2) is 48.0 Å². The molecule has 11 heteroatoms. The van der Waals surface area contributed by atoms with Crippen LogP contribution in [0.3, 0.4) is 0 Å². The minimum Gasteiger partial charge on any atom is -0.507 e. The largest absolute Gasteiger partial charge is 0.507 e. The quantitative estimate of drug-likeness (QED) is 0.201. The second-order valence-electron chi connectivity index (χ2n) is 13.7. The summed E-state index contributed by atoms with van der Waals surface area (Å²) in [4.78, 5) is 57.6. The van der Waals surface area contributed by atoms with Crippen LogP contribution in [0.2, 0.25) is 5.02 Å². The van der Waals surface area contributed by atoms with Gasteiger partial charge in [-0.25, -0.2) is 4.90 Å². The Hall–Kier alpha value is -4.28. The van der Waals surface area contributed by atoms with Gasteiger partial charge in [-0.15, -0.1) is 11.3 Å². The van der Waals surface area contributed by atoms with Crippen LogP contribution in [0.5, 0.6) is 5.75 Å². The van der Waals surface area contributed by atoms with E-state index in [1.807, 2.05) is 64.1 Å². The van der Waals surface area contributed by atoms with E-state index in [9.17, 15) is 24.3 Å². The third-order valence-corrected chi connectivity index (χ3v) is 12.7. The zero-order valence-corrected chi connectivity index (χ0v) is 28.1. The Labute approximate surface area is 280 Å². The highest BCUT2D eigenvalue weighted by atomic mass is 35.5. The third kappa shape index (κ3) is 4.04. The summed E-state index contributed by atoms with van der Waals surface area (Å²) in [6.07, 6.45) is 2.68. The zero-order valence-electron chi connectivity index (χ0n) is 26.6. The molecule has 3 fully saturated rings. The van der Waals surface area contributed by atoms with E-state index in [1.54, 1.807) is 29.1 Å². The number of fused-ring (bicyclic) bond motifs is 5. The Morgan fingerprint density at radius 3 is 2.47 bits per heavy atom. The maximum absolute atomic E-state index is 14.9. The van der Waals surface area contributed by atoms with Crippen molar-refractivity contribution in [2.75, 3.05) is 4.90 Å². The average molecular weight is 669 g/mol. The van der Waals surface area contributed by atoms with Crippen molar-refractivity contribution in [3.8, 4) is 16.3 Å². The number of aryl methyl sites for hydroxylation is 4. The highest BCUT2D eigenvalue weighted by Gasteiger charge is 2.67. The topological polar surface area (TPSA) is 122 Å². The lowest BCUT2D eigenvalue weighted by atomic mass is 9.51. The molecule has 4 aromatic rings. The van der Waals surface area contributed by atoms with Crippen molar-refractivity contribution < 1.29 is 24.3 Å². The Morgan fingerprint density at radius 2 is 1.74 bits per heavy atom. The van der Waals surface area contributed by atoms with Crippen LogP contribution in [0, 0.1) is 49.9 Å². The number of hydrogen-bond acceptors (Lipinski definition) is 7. The van der Waals surface area contributed by atoms with Crippen LogP contribution in [0.1, 0.15) is 47.9 Å². The highest BCUT2D eigenvalue weighted by Crippen LogP contribution is 2.63. The van der Waals surface area contributed by atoms with Gasteiger partial charge in [-0.05, 0) is 92.3 Å². The fraction of sp³-hybridized carbons (Fsp3) is 0.361. The van der Waals surface area contributed by atoms with Crippen LogP contribution in [0.4, 0.5) is 5.82 Å². The first-order chi connectivity index (χ1) is 22.3. The lowest BCUT2D eigenvalue weighted by Crippen LogP contribution is -2.48. The Bertz CT molecular complexity index is 2120. The number of rotatable bonds is 3. The molecule has 0 radical (unpaired) electrons. The lowest BCUT2D eigenvalue weighted by molar-refractivity contribution is -0.131. The molecule has 2 N–H and O–H groups in total. The number of allylic oxidation sites excluding steroid dienone is 2. The second kappa shape index (κ2) is 10.1. The van der Waals surface area contributed by atoms with Gasteiger partial charge in [0.1, 0.15) is 17.3 Å². The highest BCUT2D eigenvalue weighted by molar-refractivity contribution is 7.22. The summed E-state index contributed by atoms with van der Waals surface area (Å²) in [5.41, 5.74) is 3.52. The average Bonchev–Trinajstić information content (AvgIpc) is 3.71. The predicted molar refractivity (Wildman–Crippen MR) is 179 cm³/mol. The number of aromatic nitrogens is 2. The molecule has 0 bridgehead atoms. The Kier molecular flexibility index (Phi) is 6.47. The van der Waals surface area contributed by atoms with E-state index in [4.69, 9.17) is 16.7 Å². The molecule has 2 aliphatic carbocycles. The van der Waals surface area contributed by atoms with Crippen molar-refractivity contribution in [3.05, 3.63) is 75.3 Å². The number of imide groups is 2. The molecule has 4 heterocycles. The third-order valence-electron chi connectivity index (χ3n) is 11.2. The summed E-state index contributed by atoms with van der Waals surface area (Å²) >= 11 is 7.86. The van der Waals surface area contributed by atoms with Gasteiger partial charge in [0, 0.05) is 28.8 Å². The van der Waals surface area contributed by atoms with E-state index < -0.39 is 29.1 Å². The van der Waals surface area contributed by atoms with Crippen molar-refractivity contribution in [2.24, 2.45) is 36.1 Å². The first-order valence-electron chi connectivity index (χ1n) is 15.8. The second-order valence-corrected chi connectivity index (χ2v) is 15.2. The number of benzene rings is 2. The van der Waals surface area contributed by atoms with Crippen molar-refractivity contribution in [2.45, 2.75) is 46.5 Å². The van der Waals surface area contributed by atoms with Gasteiger partial charge in [-0.3, -0.25) is 29.2 Å². The van der Waals surface area contributed by atoms with Gasteiger partial charge < -0.3 is 5.11 Å². The molecule has 1 saturated carbocycles. The summed E-state index contributed by atoms with van der Waals surface area (Å²) in [6, 6.07) is 11.3. The van der Waals surface area contributed by atoms with Crippen molar-refractivity contribution >= 4 is 62.5 Å². The summed E-state index contributed by atoms with van der Waals surface area (Å²) in [6.45, 7) is 7.50. The van der Waals surface area contributed by atoms with Crippen LogP contribution < -0.4 is 10.2 Å². The Balaban J connectivity index is 1.27. The number of phenols is 1. The number of phenolic OH excluding ortho intramolecular Hbond substituents is 1. The monoisotopic (exact) mass is 668 g/mol. The maximum atomic E-state index is 14.9. The van der Waals surface area contributed by atoms with E-state index in [0.717, 1.165) is 31.7 Å². The fourth-order valence-corrected chi connectivity index (χ4v) is 10.2. The van der Waals surface area contributed by atoms with Crippen LogP contribution >= 0.6 is 22.9 Å². The van der Waals surface area contributed by atoms with Gasteiger partial charge in [0.15, 0.2) is 0 Å². The summed E-state index contributed by atoms with van der Waals surface area (Å²) in [7, 11) is 1.73. The van der Waals surface area contributed by atoms with E-state index >= 15 is 0 Å². The lowest BCUT2D eigenvalue weighted by Gasteiger charge is -2.49. The standard InChI is InChI=1S/C36H33ClN4O5S/c1-15-10-18(11-16(2)30(15)42)29-20-7-8-21-28(33(44)38-32(21)43)23(20)13-24-34(45)41(35(46)36(24,29)4)27-14-25(39-40(27)5)31-17(3)22-12-19(37)6-9-26(22)47-31/h6-7,9-12,14,21,23-24,28-29,42H,8,13H2,1-5H3,(H,38,43,44). The van der Waals surface area contributed by atoms with Crippen LogP contribution in [-0.2, 0) is 26.2 Å². The molecule has 8 rings (SSSR count). The SMILES string of the molecule is Cc1cc(C2C3=CCC4C(=O)NC(=O)C4C3CC3C(=O)N(c4cc(-c5sc6ccc(Cl)cc6c5C)nn4C)C(=O)C32C)cc(C)c1O. The minimum atomic E-state index is -1.18. The van der Waals surface area contributed by atoms with Crippen molar-refractivity contribution in [3.63, 3.8) is 0 Å². The summed E-state index contributed by atoms with van der Waals surface area (Å²) in [5.74, 6) is -3.48. The van der Waals surface area contributed by atoms with E-state index in [2.05, 4.69) is 5.32 Å². The minimum absolute atomic E-state index is 0.179. The molecule has 0 spiro atoms. The maximum Gasteiger partial charge on any atom is 0.242 e. The van der Waals surface area contributed by atoms with Crippen LogP contribution in [-0.4, -0.2) is 38.5 Å². The Morgan fingerprint density at radius 1 is 1.02 bits per heavy atom. The number of nitrogens with zero attached hydrogens (tertiary/aromatic N) is 3. The first-order valence-corrected chi connectivity index (χ1v) is 17.0. The van der Waals surface area contributed by atoms with Gasteiger partial charge in [0.25, 0.3) is 0 Å². The van der Waals surface area contributed by atoms with Crippen molar-refractivity contribution in [1.29, 1.82) is 0 Å². The molecule has 6 unspecified atom stereocenters. The normalized spacial score (nSPS) is 28.4. The number of anilines is 1. The number of nitrogens with one attached hydrogen (secondary N) is 1. The number of carbonyl (C=O) groups is 4. The molecule has 2 saturated heterocycles. The number of amides is 4. The number of aromatic hydroxyl groups is 1. The molecular formula is C36H33ClN4O5S. The molecule has 4 amide bonds. The number of halogens is 1. The summed E-state index contributed by atoms with van der Waals surface area (Å²) < 4.78 is 2.64. The molecule has 4 aliphatic rings. The van der Waals surface area contributed by atoms with Gasteiger partial charge in [-0.2, -0.15) is 5.10 Å². The van der Waals surface area contributed by atoms with Gasteiger partial charge >= 0.3 is 0 Å². The molecule has 2 aliphatic heterocycles. The molecular weight excluding hydrogens is 636 g/mol. The molecule has 9 nitrogen and oxygen atoms in total. The van der Waals surface area contributed by atoms with Gasteiger partial charge in [-0.1, -0.05) is 35.4 Å². The molecule has 6 atom stereocenters. The smallest absolute Gasteiger partial charge is 0.242 e. The molecule has 2 aromatic carbocycles. The van der Waals surface area contributed by atoms with Crippen molar-refractivity contribution in [1.82, 2.24) is 15.1 Å². The van der Waals surface area contributed by atoms with E-state index in [-0.39, 0.29) is 41.7 Å². The van der Waals surface area contributed by atoms with Gasteiger partial charge in [0.2, 0.25) is 23.6 Å². The number of carbonyl (C=O) groups excluding carboxylic acids is 4.